The molecule has 2 fully saturated rings. The minimum atomic E-state index is -0.988. The number of hydrogen-bond acceptors (Lipinski definition) is 2. The van der Waals surface area contributed by atoms with Crippen molar-refractivity contribution < 1.29 is 23.5 Å². The Hall–Kier alpha value is -1.98. The quantitative estimate of drug-likeness (QED) is 0.933. The molecule has 0 unspecified atom stereocenters. The summed E-state index contributed by atoms with van der Waals surface area (Å²) in [7, 11) is 0. The van der Waals surface area contributed by atoms with Crippen LogP contribution in [0.1, 0.15) is 37.2 Å². The van der Waals surface area contributed by atoms with Crippen molar-refractivity contribution in [2.45, 2.75) is 37.6 Å². The Labute approximate surface area is 126 Å². The molecule has 2 aliphatic rings. The van der Waals surface area contributed by atoms with Crippen LogP contribution in [0.2, 0.25) is 0 Å². The number of aliphatic carboxylic acids is 1. The molecule has 3 atom stereocenters. The van der Waals surface area contributed by atoms with Crippen molar-refractivity contribution in [1.29, 1.82) is 0 Å². The van der Waals surface area contributed by atoms with Gasteiger partial charge in [0.25, 0.3) is 0 Å². The maximum absolute atomic E-state index is 13.8. The van der Waals surface area contributed by atoms with Gasteiger partial charge in [0, 0.05) is 18.5 Å². The van der Waals surface area contributed by atoms with Crippen LogP contribution in [0.5, 0.6) is 0 Å². The Morgan fingerprint density at radius 3 is 2.68 bits per heavy atom. The van der Waals surface area contributed by atoms with Gasteiger partial charge in [0.2, 0.25) is 5.91 Å². The van der Waals surface area contributed by atoms with E-state index in [9.17, 15) is 23.5 Å². The second-order valence-electron chi connectivity index (χ2n) is 6.00. The predicted octanol–water partition coefficient (Wildman–Crippen LogP) is 2.53. The lowest BCUT2D eigenvalue weighted by molar-refractivity contribution is -0.152. The molecule has 0 bridgehead atoms. The van der Waals surface area contributed by atoms with Gasteiger partial charge in [-0.2, -0.15) is 0 Å². The molecule has 1 aromatic rings. The number of nitrogens with zero attached hydrogens (tertiary/aromatic N) is 1. The first-order chi connectivity index (χ1) is 10.5. The van der Waals surface area contributed by atoms with Crippen LogP contribution in [0.4, 0.5) is 8.78 Å². The summed E-state index contributed by atoms with van der Waals surface area (Å²) in [6.45, 7) is 0.435. The highest BCUT2D eigenvalue weighted by atomic mass is 19.1. The molecule has 1 saturated heterocycles. The number of hydrogen-bond donors (Lipinski definition) is 1. The van der Waals surface area contributed by atoms with Gasteiger partial charge in [0.05, 0.1) is 0 Å². The van der Waals surface area contributed by atoms with Gasteiger partial charge in [0.1, 0.15) is 17.7 Å². The van der Waals surface area contributed by atoms with E-state index >= 15 is 0 Å². The largest absolute Gasteiger partial charge is 0.480 e. The van der Waals surface area contributed by atoms with Gasteiger partial charge in [-0.3, -0.25) is 4.79 Å². The fraction of sp³-hybridized carbons (Fsp3) is 0.500. The second-order valence-corrected chi connectivity index (χ2v) is 6.00. The van der Waals surface area contributed by atoms with E-state index in [2.05, 4.69) is 0 Å². The van der Waals surface area contributed by atoms with Crippen LogP contribution in [0.25, 0.3) is 0 Å². The van der Waals surface area contributed by atoms with Crippen LogP contribution in [-0.2, 0) is 9.59 Å². The summed E-state index contributed by atoms with van der Waals surface area (Å²) >= 11 is 0. The third-order valence-corrected chi connectivity index (χ3v) is 4.54. The summed E-state index contributed by atoms with van der Waals surface area (Å²) in [5, 5.41) is 9.22. The number of rotatable bonds is 3. The van der Waals surface area contributed by atoms with Crippen LogP contribution in [0.3, 0.4) is 0 Å². The summed E-state index contributed by atoms with van der Waals surface area (Å²) < 4.78 is 26.7. The van der Waals surface area contributed by atoms with Crippen molar-refractivity contribution >= 4 is 11.9 Å². The smallest absolute Gasteiger partial charge is 0.326 e. The third-order valence-electron chi connectivity index (χ3n) is 4.54. The van der Waals surface area contributed by atoms with Crippen LogP contribution in [0, 0.1) is 17.6 Å². The molecule has 118 valence electrons. The van der Waals surface area contributed by atoms with Crippen molar-refractivity contribution in [3.63, 3.8) is 0 Å². The Bertz CT molecular complexity index is 619. The lowest BCUT2D eigenvalue weighted by Gasteiger charge is -2.33. The molecule has 1 aliphatic heterocycles. The van der Waals surface area contributed by atoms with E-state index in [-0.39, 0.29) is 17.7 Å². The third kappa shape index (κ3) is 2.69. The van der Waals surface area contributed by atoms with Gasteiger partial charge in [-0.1, -0.05) is 6.07 Å². The maximum Gasteiger partial charge on any atom is 0.326 e. The Morgan fingerprint density at radius 2 is 2.00 bits per heavy atom. The minimum Gasteiger partial charge on any atom is -0.480 e. The van der Waals surface area contributed by atoms with E-state index in [1.54, 1.807) is 0 Å². The lowest BCUT2D eigenvalue weighted by Crippen LogP contribution is -2.48. The molecule has 6 heteroatoms. The summed E-state index contributed by atoms with van der Waals surface area (Å²) in [6, 6.07) is 2.59. The molecule has 3 rings (SSSR count). The highest BCUT2D eigenvalue weighted by Gasteiger charge is 2.49. The van der Waals surface area contributed by atoms with Crippen molar-refractivity contribution in [1.82, 2.24) is 4.90 Å². The average Bonchev–Trinajstić information content (AvgIpc) is 3.26. The van der Waals surface area contributed by atoms with Crippen molar-refractivity contribution in [3.05, 3.63) is 35.4 Å². The molecule has 1 saturated carbocycles. The zero-order valence-corrected chi connectivity index (χ0v) is 12.0. The number of carboxylic acids is 1. The molecule has 1 aromatic carbocycles. The van der Waals surface area contributed by atoms with E-state index in [1.807, 2.05) is 0 Å². The van der Waals surface area contributed by atoms with E-state index < -0.39 is 23.6 Å². The molecule has 0 spiro atoms. The number of carbonyl (C=O) groups excluding carboxylic acids is 1. The number of halogens is 2. The summed E-state index contributed by atoms with van der Waals surface area (Å²) in [4.78, 5) is 25.2. The molecule has 0 aromatic heterocycles. The first-order valence-electron chi connectivity index (χ1n) is 7.47. The van der Waals surface area contributed by atoms with Crippen LogP contribution in [0.15, 0.2) is 18.2 Å². The van der Waals surface area contributed by atoms with Crippen LogP contribution < -0.4 is 0 Å². The SMILES string of the molecule is O=C(O)[C@@H]1CCCCN1C(=O)[C@H]1C[C@H]1c1ccc(F)cc1F. The zero-order valence-electron chi connectivity index (χ0n) is 12.0. The Morgan fingerprint density at radius 1 is 1.23 bits per heavy atom. The monoisotopic (exact) mass is 309 g/mol. The molecule has 1 N–H and O–H groups in total. The van der Waals surface area contributed by atoms with Crippen molar-refractivity contribution in [2.24, 2.45) is 5.92 Å². The van der Waals surface area contributed by atoms with Gasteiger partial charge in [-0.05, 0) is 43.2 Å². The summed E-state index contributed by atoms with van der Waals surface area (Å²) in [5.41, 5.74) is 0.337. The molecule has 4 nitrogen and oxygen atoms in total. The van der Waals surface area contributed by atoms with E-state index in [0.717, 1.165) is 18.9 Å². The number of piperidine rings is 1. The van der Waals surface area contributed by atoms with E-state index in [1.165, 1.54) is 17.0 Å². The molecule has 1 amide bonds. The number of carboxylic acid groups (broad SMARTS) is 1. The minimum absolute atomic E-state index is 0.221. The lowest BCUT2D eigenvalue weighted by atomic mass is 10.0. The number of benzene rings is 1. The first-order valence-corrected chi connectivity index (χ1v) is 7.47. The first kappa shape index (κ1) is 14.9. The average molecular weight is 309 g/mol. The summed E-state index contributed by atoms with van der Waals surface area (Å²) in [6.07, 6.45) is 2.53. The second kappa shape index (κ2) is 5.66. The molecule has 1 aliphatic carbocycles. The van der Waals surface area contributed by atoms with Crippen LogP contribution >= 0.6 is 0 Å². The fourth-order valence-electron chi connectivity index (χ4n) is 3.28. The Kier molecular flexibility index (Phi) is 3.85. The molecule has 22 heavy (non-hydrogen) atoms. The van der Waals surface area contributed by atoms with Gasteiger partial charge >= 0.3 is 5.97 Å². The van der Waals surface area contributed by atoms with Crippen molar-refractivity contribution in [3.8, 4) is 0 Å². The van der Waals surface area contributed by atoms with Gasteiger partial charge in [0.15, 0.2) is 0 Å². The number of amides is 1. The Balaban J connectivity index is 1.73. The van der Waals surface area contributed by atoms with E-state index in [4.69, 9.17) is 0 Å². The maximum atomic E-state index is 13.8. The molecular formula is C16H17F2NO3. The van der Waals surface area contributed by atoms with Gasteiger partial charge in [-0.15, -0.1) is 0 Å². The zero-order chi connectivity index (χ0) is 15.9. The molecule has 0 radical (unpaired) electrons. The summed E-state index contributed by atoms with van der Waals surface area (Å²) in [5.74, 6) is -3.16. The number of likely N-dealkylation sites (tertiary alicyclic amines) is 1. The van der Waals surface area contributed by atoms with Gasteiger partial charge in [-0.25, -0.2) is 13.6 Å². The number of carbonyl (C=O) groups is 2. The topological polar surface area (TPSA) is 57.6 Å². The van der Waals surface area contributed by atoms with Crippen LogP contribution in [-0.4, -0.2) is 34.5 Å². The van der Waals surface area contributed by atoms with E-state index in [0.29, 0.717) is 24.9 Å². The highest BCUT2D eigenvalue weighted by molar-refractivity contribution is 5.87. The molecular weight excluding hydrogens is 292 g/mol. The fourth-order valence-corrected chi connectivity index (χ4v) is 3.28. The standard InChI is InChI=1S/C16H17F2NO3/c17-9-4-5-10(13(18)7-9)11-8-12(11)15(20)19-6-2-1-3-14(19)16(21)22/h4-5,7,11-12,14H,1-3,6,8H2,(H,21,22)/t11-,12-,14-/m0/s1. The van der Waals surface area contributed by atoms with Gasteiger partial charge < -0.3 is 10.0 Å². The highest BCUT2D eigenvalue weighted by Crippen LogP contribution is 2.49. The molecule has 1 heterocycles. The normalized spacial score (nSPS) is 27.5. The predicted molar refractivity (Wildman–Crippen MR) is 74.2 cm³/mol. The van der Waals surface area contributed by atoms with Crippen molar-refractivity contribution in [2.75, 3.05) is 6.54 Å².